The molecule has 7 nitrogen and oxygen atoms in total. The Bertz CT molecular complexity index is 1430. The second kappa shape index (κ2) is 12.0. The minimum atomic E-state index is -4.57. The number of benzene rings is 2. The van der Waals surface area contributed by atoms with Gasteiger partial charge in [-0.05, 0) is 56.3 Å². The van der Waals surface area contributed by atoms with Gasteiger partial charge in [-0.15, -0.1) is 0 Å². The zero-order valence-electron chi connectivity index (χ0n) is 22.3. The lowest BCUT2D eigenvalue weighted by atomic mass is 10.0. The first-order chi connectivity index (χ1) is 18.5. The van der Waals surface area contributed by atoms with Crippen LogP contribution in [0.3, 0.4) is 0 Å². The van der Waals surface area contributed by atoms with E-state index in [1.807, 2.05) is 37.9 Å². The van der Waals surface area contributed by atoms with Gasteiger partial charge < -0.3 is 15.5 Å². The summed E-state index contributed by atoms with van der Waals surface area (Å²) in [6.45, 7) is 10.9. The highest BCUT2D eigenvalue weighted by Crippen LogP contribution is 2.34. The van der Waals surface area contributed by atoms with E-state index >= 15 is 0 Å². The molecule has 0 radical (unpaired) electrons. The molecule has 1 aliphatic rings. The topological polar surface area (TPSA) is 73.4 Å². The molecule has 206 valence electrons. The summed E-state index contributed by atoms with van der Waals surface area (Å²) in [7, 11) is 2.00. The second-order valence-corrected chi connectivity index (χ2v) is 9.77. The fraction of sp³-hybridized carbons (Fsp3) is 0.345. The number of halogens is 3. The van der Waals surface area contributed by atoms with Crippen LogP contribution in [-0.2, 0) is 12.7 Å². The monoisotopic (exact) mass is 538 g/mol. The number of hydrogen-bond acceptors (Lipinski definition) is 6. The van der Waals surface area contributed by atoms with E-state index < -0.39 is 17.6 Å². The maximum Gasteiger partial charge on any atom is 0.416 e. The van der Waals surface area contributed by atoms with E-state index in [0.717, 1.165) is 24.7 Å². The van der Waals surface area contributed by atoms with Crippen LogP contribution in [0.4, 0.5) is 24.7 Å². The minimum Gasteiger partial charge on any atom is -0.362 e. The summed E-state index contributed by atoms with van der Waals surface area (Å²) in [5, 5.41) is 7.26. The lowest BCUT2D eigenvalue weighted by molar-refractivity contribution is -0.138. The first-order valence-corrected chi connectivity index (χ1v) is 12.8. The molecule has 0 saturated carbocycles. The van der Waals surface area contributed by atoms with Crippen LogP contribution in [0.1, 0.15) is 46.9 Å². The fourth-order valence-corrected chi connectivity index (χ4v) is 4.51. The standard InChI is InChI=1S/C29H33F3N6O/c1-5-26-20(3)35-27(17-33-26)34-19(2)21-7-6-8-24(15-21)36-28(39)22-9-10-23(25(16-22)29(30,31)32)18-38-13-11-37(4)12-14-38/h5-10,15-17,19H,3,11-14,18H2,1-2,4H3,(H,34,35)(H,36,39)/b26-5+. The van der Waals surface area contributed by atoms with E-state index in [9.17, 15) is 18.0 Å². The van der Waals surface area contributed by atoms with Gasteiger partial charge in [-0.25, -0.2) is 4.98 Å². The molecule has 1 aromatic heterocycles. The number of aromatic nitrogens is 2. The molecule has 1 amide bonds. The number of alkyl halides is 3. The van der Waals surface area contributed by atoms with Crippen LogP contribution in [0.15, 0.2) is 48.7 Å². The van der Waals surface area contributed by atoms with Gasteiger partial charge in [0, 0.05) is 44.0 Å². The maximum atomic E-state index is 13.9. The molecule has 3 aromatic rings. The Kier molecular flexibility index (Phi) is 8.66. The van der Waals surface area contributed by atoms with Crippen molar-refractivity contribution in [2.45, 2.75) is 32.6 Å². The summed E-state index contributed by atoms with van der Waals surface area (Å²) in [6, 6.07) is 10.8. The summed E-state index contributed by atoms with van der Waals surface area (Å²) in [6.07, 6.45) is -1.12. The first kappa shape index (κ1) is 28.3. The van der Waals surface area contributed by atoms with Crippen molar-refractivity contribution in [1.82, 2.24) is 19.8 Å². The van der Waals surface area contributed by atoms with E-state index in [1.165, 1.54) is 12.1 Å². The van der Waals surface area contributed by atoms with Crippen molar-refractivity contribution >= 4 is 30.1 Å². The Balaban J connectivity index is 1.48. The number of likely N-dealkylation sites (N-methyl/N-ethyl adjacent to an activating group) is 1. The number of hydrogen-bond donors (Lipinski definition) is 2. The van der Waals surface area contributed by atoms with E-state index in [-0.39, 0.29) is 23.7 Å². The fourth-order valence-electron chi connectivity index (χ4n) is 4.51. The lowest BCUT2D eigenvalue weighted by Gasteiger charge is -2.33. The van der Waals surface area contributed by atoms with Gasteiger partial charge in [0.05, 0.1) is 28.5 Å². The van der Waals surface area contributed by atoms with Gasteiger partial charge in [0.1, 0.15) is 5.82 Å². The Morgan fingerprint density at radius 3 is 2.56 bits per heavy atom. The van der Waals surface area contributed by atoms with Crippen molar-refractivity contribution < 1.29 is 18.0 Å². The molecular weight excluding hydrogens is 505 g/mol. The zero-order chi connectivity index (χ0) is 28.2. The van der Waals surface area contributed by atoms with Crippen molar-refractivity contribution in [2.24, 2.45) is 0 Å². The highest BCUT2D eigenvalue weighted by Gasteiger charge is 2.34. The average molecular weight is 539 g/mol. The van der Waals surface area contributed by atoms with Crippen LogP contribution in [0, 0.1) is 0 Å². The molecule has 0 aliphatic carbocycles. The molecule has 2 heterocycles. The third-order valence-corrected chi connectivity index (χ3v) is 6.83. The summed E-state index contributed by atoms with van der Waals surface area (Å²) in [4.78, 5) is 25.8. The predicted molar refractivity (Wildman–Crippen MR) is 148 cm³/mol. The van der Waals surface area contributed by atoms with Gasteiger partial charge in [0.2, 0.25) is 0 Å². The molecule has 0 spiro atoms. The number of piperazine rings is 1. The largest absolute Gasteiger partial charge is 0.416 e. The SMILES string of the molecule is C=c1nc(NC(C)c2cccc(NC(=O)c3ccc(CN4CCN(C)CC4)c(C(F)(F)F)c3)c2)cn/c1=C/C. The molecular formula is C29H33F3N6O. The number of amides is 1. The number of carbonyl (C=O) groups excluding carboxylic acids is 1. The molecule has 0 bridgehead atoms. The van der Waals surface area contributed by atoms with E-state index in [2.05, 4.69) is 32.1 Å². The number of carbonyl (C=O) groups is 1. The van der Waals surface area contributed by atoms with E-state index in [4.69, 9.17) is 0 Å². The normalized spacial score (nSPS) is 16.2. The molecule has 1 unspecified atom stereocenters. The quantitative estimate of drug-likeness (QED) is 0.476. The predicted octanol–water partition coefficient (Wildman–Crippen LogP) is 3.88. The number of nitrogens with one attached hydrogen (secondary N) is 2. The van der Waals surface area contributed by atoms with Crippen molar-refractivity contribution in [1.29, 1.82) is 0 Å². The number of anilines is 2. The van der Waals surface area contributed by atoms with Crippen molar-refractivity contribution in [3.8, 4) is 0 Å². The lowest BCUT2D eigenvalue weighted by Crippen LogP contribution is -2.44. The molecule has 39 heavy (non-hydrogen) atoms. The van der Waals surface area contributed by atoms with Gasteiger partial charge in [0.15, 0.2) is 0 Å². The highest BCUT2D eigenvalue weighted by molar-refractivity contribution is 6.04. The zero-order valence-corrected chi connectivity index (χ0v) is 22.3. The summed E-state index contributed by atoms with van der Waals surface area (Å²) in [5.41, 5.74) is 0.667. The van der Waals surface area contributed by atoms with Crippen LogP contribution < -0.4 is 21.3 Å². The minimum absolute atomic E-state index is 0.0490. The molecule has 4 rings (SSSR count). The number of nitrogens with zero attached hydrogens (tertiary/aromatic N) is 4. The molecule has 1 atom stereocenters. The third kappa shape index (κ3) is 7.21. The van der Waals surface area contributed by atoms with Gasteiger partial charge in [-0.3, -0.25) is 14.7 Å². The molecule has 1 saturated heterocycles. The molecule has 2 N–H and O–H groups in total. The van der Waals surface area contributed by atoms with Crippen molar-refractivity contribution in [2.75, 3.05) is 43.9 Å². The van der Waals surface area contributed by atoms with Crippen LogP contribution in [0.5, 0.6) is 0 Å². The highest BCUT2D eigenvalue weighted by atomic mass is 19.4. The summed E-state index contributed by atoms with van der Waals surface area (Å²) >= 11 is 0. The van der Waals surface area contributed by atoms with E-state index in [1.54, 1.807) is 24.4 Å². The number of rotatable bonds is 7. The maximum absolute atomic E-state index is 13.9. The van der Waals surface area contributed by atoms with Crippen LogP contribution in [0.25, 0.3) is 12.7 Å². The van der Waals surface area contributed by atoms with Gasteiger partial charge >= 0.3 is 6.18 Å². The van der Waals surface area contributed by atoms with Gasteiger partial charge in [-0.1, -0.05) is 30.9 Å². The van der Waals surface area contributed by atoms with Gasteiger partial charge in [0.25, 0.3) is 5.91 Å². The van der Waals surface area contributed by atoms with Crippen LogP contribution in [0.2, 0.25) is 0 Å². The van der Waals surface area contributed by atoms with Crippen LogP contribution >= 0.6 is 0 Å². The first-order valence-electron chi connectivity index (χ1n) is 12.8. The van der Waals surface area contributed by atoms with E-state index in [0.29, 0.717) is 35.3 Å². The molecule has 1 fully saturated rings. The Hall–Kier alpha value is -3.76. The van der Waals surface area contributed by atoms with Crippen LogP contribution in [-0.4, -0.2) is 58.9 Å². The van der Waals surface area contributed by atoms with Gasteiger partial charge in [-0.2, -0.15) is 13.2 Å². The molecule has 2 aromatic carbocycles. The molecule has 1 aliphatic heterocycles. The Morgan fingerprint density at radius 1 is 1.15 bits per heavy atom. The third-order valence-electron chi connectivity index (χ3n) is 6.83. The average Bonchev–Trinajstić information content (AvgIpc) is 2.90. The Labute approximate surface area is 226 Å². The molecule has 10 heteroatoms. The van der Waals surface area contributed by atoms with Crippen molar-refractivity contribution in [3.05, 3.63) is 81.6 Å². The smallest absolute Gasteiger partial charge is 0.362 e. The van der Waals surface area contributed by atoms with Crippen molar-refractivity contribution in [3.63, 3.8) is 0 Å². The summed E-state index contributed by atoms with van der Waals surface area (Å²) in [5.74, 6) is -0.0488. The second-order valence-electron chi connectivity index (χ2n) is 9.77. The Morgan fingerprint density at radius 2 is 1.90 bits per heavy atom. The summed E-state index contributed by atoms with van der Waals surface area (Å²) < 4.78 is 41.8.